The van der Waals surface area contributed by atoms with Crippen molar-refractivity contribution in [3.05, 3.63) is 35.4 Å². The van der Waals surface area contributed by atoms with Crippen molar-refractivity contribution in [2.45, 2.75) is 58.8 Å². The van der Waals surface area contributed by atoms with E-state index in [0.717, 1.165) is 31.8 Å². The van der Waals surface area contributed by atoms with Gasteiger partial charge in [-0.3, -0.25) is 0 Å². The molecular weight excluding hydrogens is 272 g/mol. The lowest BCUT2D eigenvalue weighted by molar-refractivity contribution is 0.143. The molecule has 22 heavy (non-hydrogen) atoms. The number of benzene rings is 1. The predicted molar refractivity (Wildman–Crippen MR) is 95.7 cm³/mol. The van der Waals surface area contributed by atoms with Crippen LogP contribution in [0.2, 0.25) is 0 Å². The van der Waals surface area contributed by atoms with Crippen LogP contribution in [0.1, 0.15) is 64.5 Å². The van der Waals surface area contributed by atoms with E-state index in [1.165, 1.54) is 24.0 Å². The van der Waals surface area contributed by atoms with E-state index in [-0.39, 0.29) is 5.41 Å². The lowest BCUT2D eigenvalue weighted by Crippen LogP contribution is -2.11. The summed E-state index contributed by atoms with van der Waals surface area (Å²) in [5.41, 5.74) is 2.67. The van der Waals surface area contributed by atoms with Crippen LogP contribution in [0.3, 0.4) is 0 Å². The van der Waals surface area contributed by atoms with Gasteiger partial charge < -0.3 is 9.47 Å². The first-order valence-electron chi connectivity index (χ1n) is 8.42. The maximum Gasteiger partial charge on any atom is 0.126 e. The molecule has 0 unspecified atom stereocenters. The van der Waals surface area contributed by atoms with Crippen LogP contribution in [0.25, 0.3) is 6.08 Å². The molecule has 0 amide bonds. The van der Waals surface area contributed by atoms with Gasteiger partial charge in [0.05, 0.1) is 7.11 Å². The second-order valence-electron chi connectivity index (χ2n) is 6.66. The normalized spacial score (nSPS) is 12.0. The lowest BCUT2D eigenvalue weighted by Gasteiger charge is -2.20. The highest BCUT2D eigenvalue weighted by atomic mass is 16.5. The molecule has 0 atom stereocenters. The summed E-state index contributed by atoms with van der Waals surface area (Å²) >= 11 is 0. The van der Waals surface area contributed by atoms with Crippen LogP contribution in [0, 0.1) is 0 Å². The molecular formula is C20H32O2. The largest absolute Gasteiger partial charge is 0.496 e. The quantitative estimate of drug-likeness (QED) is 0.553. The van der Waals surface area contributed by atoms with Gasteiger partial charge in [0.2, 0.25) is 0 Å². The first-order chi connectivity index (χ1) is 10.5. The summed E-state index contributed by atoms with van der Waals surface area (Å²) in [6.07, 6.45) is 9.15. The van der Waals surface area contributed by atoms with Crippen molar-refractivity contribution in [3.63, 3.8) is 0 Å². The summed E-state index contributed by atoms with van der Waals surface area (Å²) in [5, 5.41) is 0. The molecule has 1 rings (SSSR count). The van der Waals surface area contributed by atoms with E-state index >= 15 is 0 Å². The Balaban J connectivity index is 2.54. The summed E-state index contributed by atoms with van der Waals surface area (Å²) in [6, 6.07) is 6.47. The Morgan fingerprint density at radius 1 is 1.09 bits per heavy atom. The molecule has 0 aliphatic carbocycles. The van der Waals surface area contributed by atoms with Crippen LogP contribution < -0.4 is 4.74 Å². The molecule has 1 aromatic rings. The number of hydrogen-bond donors (Lipinski definition) is 0. The second-order valence-corrected chi connectivity index (χ2v) is 6.66. The van der Waals surface area contributed by atoms with Crippen molar-refractivity contribution in [2.75, 3.05) is 20.3 Å². The smallest absolute Gasteiger partial charge is 0.126 e. The van der Waals surface area contributed by atoms with Crippen molar-refractivity contribution in [3.8, 4) is 5.75 Å². The second kappa shape index (κ2) is 9.68. The van der Waals surface area contributed by atoms with Crippen LogP contribution in [-0.4, -0.2) is 20.3 Å². The zero-order valence-electron chi connectivity index (χ0n) is 14.9. The third-order valence-electron chi connectivity index (χ3n) is 3.76. The third-order valence-corrected chi connectivity index (χ3v) is 3.76. The number of allylic oxidation sites excluding steroid dienone is 1. The molecule has 0 spiro atoms. The predicted octanol–water partition coefficient (Wildman–Crippen LogP) is 5.60. The molecule has 2 nitrogen and oxygen atoms in total. The van der Waals surface area contributed by atoms with E-state index in [2.05, 4.69) is 51.1 Å². The molecule has 0 aliphatic heterocycles. The molecule has 0 aromatic heterocycles. The summed E-state index contributed by atoms with van der Waals surface area (Å²) in [7, 11) is 1.73. The maximum atomic E-state index is 5.47. The van der Waals surface area contributed by atoms with E-state index in [0.29, 0.717) is 0 Å². The van der Waals surface area contributed by atoms with Crippen LogP contribution in [0.4, 0.5) is 0 Å². The molecule has 0 N–H and O–H groups in total. The highest BCUT2D eigenvalue weighted by Gasteiger charge is 2.14. The van der Waals surface area contributed by atoms with Gasteiger partial charge in [-0.25, -0.2) is 0 Å². The Hall–Kier alpha value is -1.28. The van der Waals surface area contributed by atoms with Gasteiger partial charge in [0.15, 0.2) is 0 Å². The van der Waals surface area contributed by atoms with Gasteiger partial charge in [-0.2, -0.15) is 0 Å². The fourth-order valence-electron chi connectivity index (χ4n) is 2.33. The van der Waals surface area contributed by atoms with Crippen molar-refractivity contribution < 1.29 is 9.47 Å². The standard InChI is InChI=1S/C20H32O2/c1-6-22-15-11-9-7-8-10-12-17-16-18(20(2,3)4)13-14-19(17)21-5/h10,12-14,16H,6-9,11,15H2,1-5H3/b12-10+. The van der Waals surface area contributed by atoms with Gasteiger partial charge in [0, 0.05) is 18.8 Å². The van der Waals surface area contributed by atoms with Crippen molar-refractivity contribution in [2.24, 2.45) is 0 Å². The lowest BCUT2D eigenvalue weighted by atomic mass is 9.86. The number of methoxy groups -OCH3 is 1. The molecule has 1 aromatic carbocycles. The van der Waals surface area contributed by atoms with E-state index in [1.54, 1.807) is 7.11 Å². The Kier molecular flexibility index (Phi) is 8.26. The van der Waals surface area contributed by atoms with Gasteiger partial charge >= 0.3 is 0 Å². The maximum absolute atomic E-state index is 5.47. The summed E-state index contributed by atoms with van der Waals surface area (Å²) in [6.45, 7) is 10.5. The van der Waals surface area contributed by atoms with Crippen molar-refractivity contribution in [1.29, 1.82) is 0 Å². The Morgan fingerprint density at radius 3 is 2.50 bits per heavy atom. The molecule has 0 saturated heterocycles. The summed E-state index contributed by atoms with van der Waals surface area (Å²) in [4.78, 5) is 0. The zero-order chi connectivity index (χ0) is 16.4. The molecule has 0 saturated carbocycles. The van der Waals surface area contributed by atoms with Crippen LogP contribution in [0.15, 0.2) is 24.3 Å². The first kappa shape index (κ1) is 18.8. The Morgan fingerprint density at radius 2 is 1.86 bits per heavy atom. The van der Waals surface area contributed by atoms with Gasteiger partial charge in [0.25, 0.3) is 0 Å². The minimum atomic E-state index is 0.161. The van der Waals surface area contributed by atoms with Gasteiger partial charge in [-0.15, -0.1) is 0 Å². The number of ether oxygens (including phenoxy) is 2. The number of rotatable bonds is 9. The number of unbranched alkanes of at least 4 members (excludes halogenated alkanes) is 3. The van der Waals surface area contributed by atoms with E-state index in [9.17, 15) is 0 Å². The molecule has 0 radical (unpaired) electrons. The van der Waals surface area contributed by atoms with Gasteiger partial charge in [-0.05, 0) is 49.3 Å². The van der Waals surface area contributed by atoms with E-state index < -0.39 is 0 Å². The van der Waals surface area contributed by atoms with Crippen LogP contribution in [0.5, 0.6) is 5.75 Å². The highest BCUT2D eigenvalue weighted by Crippen LogP contribution is 2.28. The minimum absolute atomic E-state index is 0.161. The van der Waals surface area contributed by atoms with Crippen molar-refractivity contribution in [1.82, 2.24) is 0 Å². The third kappa shape index (κ3) is 6.65. The first-order valence-corrected chi connectivity index (χ1v) is 8.42. The fourth-order valence-corrected chi connectivity index (χ4v) is 2.33. The van der Waals surface area contributed by atoms with E-state index in [1.807, 2.05) is 6.92 Å². The SMILES string of the molecule is CCOCCCCC/C=C/c1cc(C(C)(C)C)ccc1OC. The molecule has 0 aliphatic rings. The average Bonchev–Trinajstić information content (AvgIpc) is 2.48. The highest BCUT2D eigenvalue weighted by molar-refractivity contribution is 5.59. The minimum Gasteiger partial charge on any atom is -0.496 e. The fraction of sp³-hybridized carbons (Fsp3) is 0.600. The van der Waals surface area contributed by atoms with Gasteiger partial charge in [0.1, 0.15) is 5.75 Å². The number of hydrogen-bond acceptors (Lipinski definition) is 2. The van der Waals surface area contributed by atoms with Crippen LogP contribution >= 0.6 is 0 Å². The van der Waals surface area contributed by atoms with Crippen LogP contribution in [-0.2, 0) is 10.2 Å². The monoisotopic (exact) mass is 304 g/mol. The zero-order valence-corrected chi connectivity index (χ0v) is 14.9. The molecule has 2 heteroatoms. The Bertz CT molecular complexity index is 455. The molecule has 0 fully saturated rings. The Labute approximate surface area is 136 Å². The van der Waals surface area contributed by atoms with Crippen molar-refractivity contribution >= 4 is 6.08 Å². The molecule has 0 bridgehead atoms. The molecule has 124 valence electrons. The summed E-state index contributed by atoms with van der Waals surface area (Å²) < 4.78 is 10.8. The van der Waals surface area contributed by atoms with Gasteiger partial charge in [-0.1, -0.05) is 45.4 Å². The summed E-state index contributed by atoms with van der Waals surface area (Å²) in [5.74, 6) is 0.945. The average molecular weight is 304 g/mol. The molecule has 0 heterocycles. The topological polar surface area (TPSA) is 18.5 Å². The van der Waals surface area contributed by atoms with E-state index in [4.69, 9.17) is 9.47 Å².